The van der Waals surface area contributed by atoms with Crippen molar-refractivity contribution in [3.63, 3.8) is 0 Å². The molecule has 2 atom stereocenters. The fraction of sp³-hybridized carbons (Fsp3) is 0.889. The molecule has 0 spiro atoms. The number of hydrogen-bond donors (Lipinski definition) is 3. The van der Waals surface area contributed by atoms with Crippen LogP contribution in [0.3, 0.4) is 0 Å². The van der Waals surface area contributed by atoms with E-state index in [2.05, 4.69) is 5.32 Å². The minimum absolute atomic E-state index is 0.0521. The number of nitrogens with two attached hydrogens (primary N) is 1. The maximum Gasteiger partial charge on any atom is 0.233 e. The highest BCUT2D eigenvalue weighted by Crippen LogP contribution is 2.30. The Kier molecular flexibility index (Phi) is 4.18. The third-order valence-electron chi connectivity index (χ3n) is 2.80. The predicted octanol–water partition coefficient (Wildman–Crippen LogP) is -0.530. The average Bonchev–Trinajstić information content (AvgIpc) is 2.61. The minimum Gasteiger partial charge on any atom is -0.396 e. The molecular weight excluding hydrogens is 168 g/mol. The van der Waals surface area contributed by atoms with Gasteiger partial charge >= 0.3 is 0 Å². The molecule has 4 heteroatoms. The van der Waals surface area contributed by atoms with Gasteiger partial charge in [0.1, 0.15) is 0 Å². The monoisotopic (exact) mass is 186 g/mol. The Morgan fingerprint density at radius 1 is 1.46 bits per heavy atom. The first-order valence-electron chi connectivity index (χ1n) is 4.85. The molecule has 2 unspecified atom stereocenters. The van der Waals surface area contributed by atoms with Gasteiger partial charge in [-0.05, 0) is 24.7 Å². The van der Waals surface area contributed by atoms with Gasteiger partial charge in [-0.25, -0.2) is 0 Å². The highest BCUT2D eigenvalue weighted by molar-refractivity contribution is 5.77. The summed E-state index contributed by atoms with van der Waals surface area (Å²) in [5.41, 5.74) is 5.16. The lowest BCUT2D eigenvalue weighted by molar-refractivity contribution is -0.120. The van der Waals surface area contributed by atoms with E-state index >= 15 is 0 Å². The van der Waals surface area contributed by atoms with Gasteiger partial charge < -0.3 is 16.2 Å². The minimum atomic E-state index is -0.108. The number of rotatable bonds is 4. The Morgan fingerprint density at radius 2 is 2.15 bits per heavy atom. The van der Waals surface area contributed by atoms with E-state index in [0.29, 0.717) is 18.4 Å². The molecule has 1 saturated carbocycles. The molecule has 0 bridgehead atoms. The van der Waals surface area contributed by atoms with Crippen LogP contribution in [0.2, 0.25) is 0 Å². The summed E-state index contributed by atoms with van der Waals surface area (Å²) >= 11 is 0. The summed E-state index contributed by atoms with van der Waals surface area (Å²) in [5, 5.41) is 11.8. The zero-order valence-corrected chi connectivity index (χ0v) is 7.83. The van der Waals surface area contributed by atoms with Gasteiger partial charge in [0.05, 0.1) is 6.54 Å². The van der Waals surface area contributed by atoms with Gasteiger partial charge in [-0.2, -0.15) is 0 Å². The van der Waals surface area contributed by atoms with Crippen LogP contribution < -0.4 is 11.1 Å². The standard InChI is InChI=1S/C9H18N2O2/c10-4-9(13)11-5-7-2-1-3-8(7)6-12/h7-8,12H,1-6,10H2,(H,11,13). The largest absolute Gasteiger partial charge is 0.396 e. The maximum atomic E-state index is 10.9. The SMILES string of the molecule is NCC(=O)NCC1CCCC1CO. The van der Waals surface area contributed by atoms with Crippen molar-refractivity contribution >= 4 is 5.91 Å². The van der Waals surface area contributed by atoms with Crippen LogP contribution in [0.4, 0.5) is 0 Å². The third-order valence-corrected chi connectivity index (χ3v) is 2.80. The summed E-state index contributed by atoms with van der Waals surface area (Å²) in [6, 6.07) is 0. The Bertz CT molecular complexity index is 173. The molecule has 4 N–H and O–H groups in total. The van der Waals surface area contributed by atoms with E-state index in [1.165, 1.54) is 0 Å². The van der Waals surface area contributed by atoms with E-state index < -0.39 is 0 Å². The van der Waals surface area contributed by atoms with Gasteiger partial charge in [0.2, 0.25) is 5.91 Å². The lowest BCUT2D eigenvalue weighted by Gasteiger charge is -2.17. The van der Waals surface area contributed by atoms with Crippen molar-refractivity contribution in [2.45, 2.75) is 19.3 Å². The lowest BCUT2D eigenvalue weighted by Crippen LogP contribution is -2.35. The quantitative estimate of drug-likeness (QED) is 0.552. The molecule has 4 nitrogen and oxygen atoms in total. The molecule has 13 heavy (non-hydrogen) atoms. The first-order chi connectivity index (χ1) is 6.27. The van der Waals surface area contributed by atoms with Crippen molar-refractivity contribution in [2.24, 2.45) is 17.6 Å². The lowest BCUT2D eigenvalue weighted by atomic mass is 9.97. The van der Waals surface area contributed by atoms with E-state index in [0.717, 1.165) is 19.3 Å². The van der Waals surface area contributed by atoms with E-state index in [9.17, 15) is 4.79 Å². The number of hydrogen-bond acceptors (Lipinski definition) is 3. The molecular formula is C9H18N2O2. The molecule has 0 heterocycles. The van der Waals surface area contributed by atoms with Crippen LogP contribution in [0.5, 0.6) is 0 Å². The summed E-state index contributed by atoms with van der Waals surface area (Å²) in [7, 11) is 0. The summed E-state index contributed by atoms with van der Waals surface area (Å²) in [6.07, 6.45) is 3.35. The second-order valence-corrected chi connectivity index (χ2v) is 3.64. The Labute approximate surface area is 78.5 Å². The van der Waals surface area contributed by atoms with Crippen LogP contribution >= 0.6 is 0 Å². The molecule has 1 aliphatic rings. The van der Waals surface area contributed by atoms with Gasteiger partial charge in [-0.1, -0.05) is 6.42 Å². The Balaban J connectivity index is 2.23. The zero-order valence-electron chi connectivity index (χ0n) is 7.83. The van der Waals surface area contributed by atoms with Crippen molar-refractivity contribution in [1.29, 1.82) is 0 Å². The highest BCUT2D eigenvalue weighted by atomic mass is 16.3. The number of aliphatic hydroxyl groups is 1. The van der Waals surface area contributed by atoms with E-state index in [1.54, 1.807) is 0 Å². The normalized spacial score (nSPS) is 27.5. The van der Waals surface area contributed by atoms with Gasteiger partial charge in [-0.3, -0.25) is 4.79 Å². The summed E-state index contributed by atoms with van der Waals surface area (Å²) in [4.78, 5) is 10.9. The molecule has 0 radical (unpaired) electrons. The van der Waals surface area contributed by atoms with Crippen LogP contribution in [0.25, 0.3) is 0 Å². The second kappa shape index (κ2) is 5.19. The predicted molar refractivity (Wildman–Crippen MR) is 50.0 cm³/mol. The smallest absolute Gasteiger partial charge is 0.233 e. The third kappa shape index (κ3) is 2.97. The molecule has 1 rings (SSSR count). The summed E-state index contributed by atoms with van der Waals surface area (Å²) in [6.45, 7) is 0.959. The fourth-order valence-electron chi connectivity index (χ4n) is 1.94. The van der Waals surface area contributed by atoms with Gasteiger partial charge in [-0.15, -0.1) is 0 Å². The van der Waals surface area contributed by atoms with Crippen molar-refractivity contribution in [1.82, 2.24) is 5.32 Å². The first-order valence-corrected chi connectivity index (χ1v) is 4.85. The number of aliphatic hydroxyl groups excluding tert-OH is 1. The second-order valence-electron chi connectivity index (χ2n) is 3.64. The van der Waals surface area contributed by atoms with E-state index in [1.807, 2.05) is 0 Å². The molecule has 1 aliphatic carbocycles. The Morgan fingerprint density at radius 3 is 2.77 bits per heavy atom. The number of carbonyl (C=O) groups excluding carboxylic acids is 1. The van der Waals surface area contributed by atoms with Gasteiger partial charge in [0.25, 0.3) is 0 Å². The zero-order chi connectivity index (χ0) is 9.68. The van der Waals surface area contributed by atoms with Crippen molar-refractivity contribution in [3.05, 3.63) is 0 Å². The molecule has 1 fully saturated rings. The van der Waals surface area contributed by atoms with E-state index in [-0.39, 0.29) is 19.1 Å². The number of amides is 1. The van der Waals surface area contributed by atoms with Crippen molar-refractivity contribution in [2.75, 3.05) is 19.7 Å². The van der Waals surface area contributed by atoms with Crippen LogP contribution in [-0.4, -0.2) is 30.7 Å². The van der Waals surface area contributed by atoms with Crippen LogP contribution in [0.15, 0.2) is 0 Å². The molecule has 0 aliphatic heterocycles. The van der Waals surface area contributed by atoms with Crippen molar-refractivity contribution < 1.29 is 9.90 Å². The van der Waals surface area contributed by atoms with E-state index in [4.69, 9.17) is 10.8 Å². The van der Waals surface area contributed by atoms with Crippen LogP contribution in [-0.2, 0) is 4.79 Å². The fourth-order valence-corrected chi connectivity index (χ4v) is 1.94. The summed E-state index contributed by atoms with van der Waals surface area (Å²) < 4.78 is 0. The molecule has 0 aromatic rings. The number of carbonyl (C=O) groups is 1. The topological polar surface area (TPSA) is 75.4 Å². The maximum absolute atomic E-state index is 10.9. The number of nitrogens with one attached hydrogen (secondary N) is 1. The molecule has 0 saturated heterocycles. The molecule has 76 valence electrons. The molecule has 0 aromatic heterocycles. The first kappa shape index (κ1) is 10.5. The molecule has 0 aromatic carbocycles. The average molecular weight is 186 g/mol. The van der Waals surface area contributed by atoms with Crippen molar-refractivity contribution in [3.8, 4) is 0 Å². The van der Waals surface area contributed by atoms with Crippen LogP contribution in [0.1, 0.15) is 19.3 Å². The summed E-state index contributed by atoms with van der Waals surface area (Å²) in [5.74, 6) is 0.710. The molecule has 1 amide bonds. The van der Waals surface area contributed by atoms with Gasteiger partial charge in [0.15, 0.2) is 0 Å². The van der Waals surface area contributed by atoms with Gasteiger partial charge in [0, 0.05) is 13.2 Å². The highest BCUT2D eigenvalue weighted by Gasteiger charge is 2.26. The van der Waals surface area contributed by atoms with Crippen LogP contribution in [0, 0.1) is 11.8 Å². The Hall–Kier alpha value is -0.610.